The number of nitrogens with one attached hydrogen (secondary N) is 1. The van der Waals surface area contributed by atoms with E-state index in [9.17, 15) is 4.39 Å². The fourth-order valence-corrected chi connectivity index (χ4v) is 4.46. The van der Waals surface area contributed by atoms with Gasteiger partial charge in [0.25, 0.3) is 0 Å². The summed E-state index contributed by atoms with van der Waals surface area (Å²) < 4.78 is 14.0. The number of rotatable bonds is 4. The van der Waals surface area contributed by atoms with E-state index in [1.165, 1.54) is 23.9 Å². The number of nitrogens with two attached hydrogens (primary N) is 1. The fraction of sp³-hybridized carbons (Fsp3) is 0.316. The third-order valence-corrected chi connectivity index (χ3v) is 6.04. The standard InChI is InChI=1S/C19H18ClFN6S/c1-2-14-16(20)15-17(24-14)25-19(26-18(15)27-6-5-11(23)9-27)28-12-4-3-10(8-22)13(21)7-12/h3-4,7,11H,2,5-6,9,23H2,1H3,(H,24,25,26)/t11-/m0/s1. The number of aromatic nitrogens is 3. The molecule has 1 atom stereocenters. The number of aromatic amines is 1. The van der Waals surface area contributed by atoms with Gasteiger partial charge in [0.15, 0.2) is 5.16 Å². The molecule has 3 N–H and O–H groups in total. The molecule has 3 heterocycles. The first kappa shape index (κ1) is 19.0. The molecule has 1 aromatic carbocycles. The summed E-state index contributed by atoms with van der Waals surface area (Å²) in [5, 5.41) is 10.8. The van der Waals surface area contributed by atoms with Crippen molar-refractivity contribution in [2.24, 2.45) is 5.73 Å². The Balaban J connectivity index is 1.79. The van der Waals surface area contributed by atoms with E-state index < -0.39 is 5.82 Å². The van der Waals surface area contributed by atoms with Crippen LogP contribution in [0.25, 0.3) is 11.0 Å². The smallest absolute Gasteiger partial charge is 0.196 e. The lowest BCUT2D eigenvalue weighted by Gasteiger charge is -2.18. The van der Waals surface area contributed by atoms with Crippen LogP contribution in [0.4, 0.5) is 10.2 Å². The maximum atomic E-state index is 14.0. The van der Waals surface area contributed by atoms with Crippen LogP contribution in [0.2, 0.25) is 5.02 Å². The maximum Gasteiger partial charge on any atom is 0.196 e. The summed E-state index contributed by atoms with van der Waals surface area (Å²) in [4.78, 5) is 15.3. The van der Waals surface area contributed by atoms with Crippen molar-refractivity contribution >= 4 is 40.2 Å². The average Bonchev–Trinajstić information content (AvgIpc) is 3.24. The molecule has 4 rings (SSSR count). The zero-order valence-corrected chi connectivity index (χ0v) is 16.7. The van der Waals surface area contributed by atoms with Gasteiger partial charge >= 0.3 is 0 Å². The molecular weight excluding hydrogens is 399 g/mol. The monoisotopic (exact) mass is 416 g/mol. The zero-order chi connectivity index (χ0) is 19.8. The highest BCUT2D eigenvalue weighted by Crippen LogP contribution is 2.37. The van der Waals surface area contributed by atoms with Gasteiger partial charge in [-0.15, -0.1) is 0 Å². The Morgan fingerprint density at radius 2 is 2.29 bits per heavy atom. The molecule has 1 aliphatic heterocycles. The van der Waals surface area contributed by atoms with E-state index in [1.54, 1.807) is 6.07 Å². The lowest BCUT2D eigenvalue weighted by atomic mass is 10.2. The molecule has 3 aromatic rings. The van der Waals surface area contributed by atoms with Crippen LogP contribution in [0.3, 0.4) is 0 Å². The van der Waals surface area contributed by atoms with Gasteiger partial charge in [0, 0.05) is 29.7 Å². The van der Waals surface area contributed by atoms with Crippen molar-refractivity contribution in [3.63, 3.8) is 0 Å². The Bertz CT molecular complexity index is 1090. The topological polar surface area (TPSA) is 94.6 Å². The molecule has 0 unspecified atom stereocenters. The van der Waals surface area contributed by atoms with Crippen molar-refractivity contribution in [1.82, 2.24) is 15.0 Å². The van der Waals surface area contributed by atoms with E-state index in [0.717, 1.165) is 36.3 Å². The Kier molecular flexibility index (Phi) is 5.15. The van der Waals surface area contributed by atoms with Gasteiger partial charge in [-0.2, -0.15) is 5.26 Å². The summed E-state index contributed by atoms with van der Waals surface area (Å²) in [5.41, 5.74) is 7.65. The molecule has 0 aliphatic carbocycles. The van der Waals surface area contributed by atoms with E-state index in [0.29, 0.717) is 27.3 Å². The van der Waals surface area contributed by atoms with E-state index >= 15 is 0 Å². The summed E-state index contributed by atoms with van der Waals surface area (Å²) in [6, 6.07) is 6.38. The molecule has 0 radical (unpaired) electrons. The fourth-order valence-electron chi connectivity index (χ4n) is 3.32. The predicted octanol–water partition coefficient (Wildman–Crippen LogP) is 3.87. The second kappa shape index (κ2) is 7.59. The number of anilines is 1. The van der Waals surface area contributed by atoms with Crippen molar-refractivity contribution in [3.05, 3.63) is 40.3 Å². The van der Waals surface area contributed by atoms with Crippen LogP contribution < -0.4 is 10.6 Å². The number of nitrogens with zero attached hydrogens (tertiary/aromatic N) is 4. The SMILES string of the molecule is CCc1[nH]c2nc(Sc3ccc(C#N)c(F)c3)nc(N3CC[C@H](N)C3)c2c1Cl. The number of benzene rings is 1. The Morgan fingerprint density at radius 3 is 2.93 bits per heavy atom. The van der Waals surface area contributed by atoms with Gasteiger partial charge in [-0.3, -0.25) is 0 Å². The van der Waals surface area contributed by atoms with Gasteiger partial charge in [-0.25, -0.2) is 14.4 Å². The molecule has 0 bridgehead atoms. The molecule has 1 saturated heterocycles. The molecule has 1 aliphatic rings. The van der Waals surface area contributed by atoms with Crippen LogP contribution in [0, 0.1) is 17.1 Å². The predicted molar refractivity (Wildman–Crippen MR) is 108 cm³/mol. The number of hydrogen-bond donors (Lipinski definition) is 2. The van der Waals surface area contributed by atoms with Crippen LogP contribution >= 0.6 is 23.4 Å². The first-order chi connectivity index (χ1) is 13.5. The number of hydrogen-bond acceptors (Lipinski definition) is 6. The van der Waals surface area contributed by atoms with Crippen LogP contribution in [0.15, 0.2) is 28.3 Å². The molecule has 144 valence electrons. The summed E-state index contributed by atoms with van der Waals surface area (Å²) in [6.45, 7) is 3.52. The molecule has 6 nitrogen and oxygen atoms in total. The summed E-state index contributed by atoms with van der Waals surface area (Å²) >= 11 is 7.83. The number of H-pyrrole nitrogens is 1. The first-order valence-corrected chi connectivity index (χ1v) is 10.2. The first-order valence-electron chi connectivity index (χ1n) is 8.96. The second-order valence-electron chi connectivity index (χ2n) is 6.67. The molecular formula is C19H18ClFN6S. The molecule has 1 fully saturated rings. The van der Waals surface area contributed by atoms with Gasteiger partial charge in [-0.1, -0.05) is 18.5 Å². The molecule has 9 heteroatoms. The number of aryl methyl sites for hydroxylation is 1. The lowest BCUT2D eigenvalue weighted by molar-refractivity contribution is 0.620. The second-order valence-corrected chi connectivity index (χ2v) is 8.09. The molecule has 0 amide bonds. The van der Waals surface area contributed by atoms with Gasteiger partial charge < -0.3 is 15.6 Å². The molecule has 0 saturated carbocycles. The van der Waals surface area contributed by atoms with E-state index in [2.05, 4.69) is 14.9 Å². The quantitative estimate of drug-likeness (QED) is 0.627. The van der Waals surface area contributed by atoms with Crippen LogP contribution in [0.1, 0.15) is 24.6 Å². The Labute approximate surface area is 170 Å². The van der Waals surface area contributed by atoms with E-state index in [-0.39, 0.29) is 11.6 Å². The highest BCUT2D eigenvalue weighted by atomic mass is 35.5. The van der Waals surface area contributed by atoms with Crippen molar-refractivity contribution in [1.29, 1.82) is 5.26 Å². The normalized spacial score (nSPS) is 16.7. The highest BCUT2D eigenvalue weighted by Gasteiger charge is 2.26. The van der Waals surface area contributed by atoms with Crippen LogP contribution in [0.5, 0.6) is 0 Å². The van der Waals surface area contributed by atoms with Gasteiger partial charge in [0.1, 0.15) is 23.4 Å². The minimum Gasteiger partial charge on any atom is -0.354 e. The molecule has 0 spiro atoms. The third kappa shape index (κ3) is 3.41. The number of nitriles is 1. The Hall–Kier alpha value is -2.34. The Morgan fingerprint density at radius 1 is 1.46 bits per heavy atom. The van der Waals surface area contributed by atoms with E-state index in [4.69, 9.17) is 27.6 Å². The number of halogens is 2. The summed E-state index contributed by atoms with van der Waals surface area (Å²) in [6.07, 6.45) is 1.63. The third-order valence-electron chi connectivity index (χ3n) is 4.77. The largest absolute Gasteiger partial charge is 0.354 e. The van der Waals surface area contributed by atoms with E-state index in [1.807, 2.05) is 13.0 Å². The minimum absolute atomic E-state index is 0.0104. The molecule has 28 heavy (non-hydrogen) atoms. The maximum absolute atomic E-state index is 14.0. The van der Waals surface area contributed by atoms with Crippen molar-refractivity contribution < 1.29 is 4.39 Å². The molecule has 2 aromatic heterocycles. The zero-order valence-electron chi connectivity index (χ0n) is 15.2. The average molecular weight is 417 g/mol. The summed E-state index contributed by atoms with van der Waals surface area (Å²) in [5.74, 6) is 0.186. The van der Waals surface area contributed by atoms with Crippen LogP contribution in [-0.4, -0.2) is 34.1 Å². The van der Waals surface area contributed by atoms with Crippen molar-refractivity contribution in [2.75, 3.05) is 18.0 Å². The van der Waals surface area contributed by atoms with Gasteiger partial charge in [-0.05, 0) is 42.8 Å². The lowest BCUT2D eigenvalue weighted by Crippen LogP contribution is -2.27. The highest BCUT2D eigenvalue weighted by molar-refractivity contribution is 7.99. The summed E-state index contributed by atoms with van der Waals surface area (Å²) in [7, 11) is 0. The van der Waals surface area contributed by atoms with Crippen molar-refractivity contribution in [3.8, 4) is 6.07 Å². The number of fused-ring (bicyclic) bond motifs is 1. The van der Waals surface area contributed by atoms with Crippen LogP contribution in [-0.2, 0) is 6.42 Å². The van der Waals surface area contributed by atoms with Gasteiger partial charge in [0.2, 0.25) is 0 Å². The van der Waals surface area contributed by atoms with Crippen molar-refractivity contribution in [2.45, 2.75) is 35.9 Å². The van der Waals surface area contributed by atoms with Gasteiger partial charge in [0.05, 0.1) is 16.0 Å². The minimum atomic E-state index is -0.560.